The Morgan fingerprint density at radius 2 is 1.79 bits per heavy atom. The van der Waals surface area contributed by atoms with E-state index in [-0.39, 0.29) is 36.5 Å². The van der Waals surface area contributed by atoms with Crippen molar-refractivity contribution in [2.45, 2.75) is 31.9 Å². The van der Waals surface area contributed by atoms with Gasteiger partial charge in [-0.05, 0) is 43.0 Å². The number of halogens is 3. The van der Waals surface area contributed by atoms with Crippen molar-refractivity contribution in [2.24, 2.45) is 5.92 Å². The summed E-state index contributed by atoms with van der Waals surface area (Å²) >= 11 is 0. The first-order valence-electron chi connectivity index (χ1n) is 10.6. The van der Waals surface area contributed by atoms with Crippen molar-refractivity contribution in [1.29, 1.82) is 0 Å². The molecule has 7 nitrogen and oxygen atoms in total. The van der Waals surface area contributed by atoms with Gasteiger partial charge in [0.05, 0.1) is 5.56 Å². The summed E-state index contributed by atoms with van der Waals surface area (Å²) in [6.07, 6.45) is -1.22. The van der Waals surface area contributed by atoms with Crippen molar-refractivity contribution in [1.82, 2.24) is 9.97 Å². The zero-order chi connectivity index (χ0) is 24.1. The van der Waals surface area contributed by atoms with Gasteiger partial charge >= 0.3 is 6.18 Å². The SMILES string of the molecule is O=C(CCc1cccc(C(F)(F)F)c1)Nc1cccc(Oc2cc(NC(=O)C3CC3)ncn2)c1. The summed E-state index contributed by atoms with van der Waals surface area (Å²) in [4.78, 5) is 32.2. The minimum Gasteiger partial charge on any atom is -0.439 e. The fraction of sp³-hybridized carbons (Fsp3) is 0.250. The standard InChI is InChI=1S/C24H21F3N4O3/c25-24(26,27)17-4-1-3-15(11-17)7-10-21(32)30-18-5-2-6-19(12-18)34-22-13-20(28-14-29-22)31-23(33)16-8-9-16/h1-6,11-14,16H,7-10H2,(H,30,32)(H,28,29,31,33). The smallest absolute Gasteiger partial charge is 0.416 e. The molecule has 10 heteroatoms. The maximum absolute atomic E-state index is 12.8. The summed E-state index contributed by atoms with van der Waals surface area (Å²) in [7, 11) is 0. The first kappa shape index (κ1) is 23.2. The largest absolute Gasteiger partial charge is 0.439 e. The van der Waals surface area contributed by atoms with Crippen LogP contribution in [0.2, 0.25) is 0 Å². The first-order chi connectivity index (χ1) is 16.3. The summed E-state index contributed by atoms with van der Waals surface area (Å²) in [5.41, 5.74) is 0.147. The van der Waals surface area contributed by atoms with Gasteiger partial charge in [0, 0.05) is 30.2 Å². The van der Waals surface area contributed by atoms with Gasteiger partial charge in [0.25, 0.3) is 0 Å². The highest BCUT2D eigenvalue weighted by atomic mass is 19.4. The molecule has 0 saturated heterocycles. The molecule has 4 rings (SSSR count). The number of hydrogen-bond donors (Lipinski definition) is 2. The van der Waals surface area contributed by atoms with Gasteiger partial charge in [0.2, 0.25) is 17.7 Å². The van der Waals surface area contributed by atoms with Gasteiger partial charge in [-0.15, -0.1) is 0 Å². The molecule has 0 radical (unpaired) electrons. The molecule has 34 heavy (non-hydrogen) atoms. The number of aryl methyl sites for hydroxylation is 1. The molecule has 1 heterocycles. The number of aromatic nitrogens is 2. The second kappa shape index (κ2) is 9.90. The number of carbonyl (C=O) groups excluding carboxylic acids is 2. The zero-order valence-corrected chi connectivity index (χ0v) is 17.9. The third kappa shape index (κ3) is 6.53. The van der Waals surface area contributed by atoms with Crippen LogP contribution >= 0.6 is 0 Å². The molecule has 1 fully saturated rings. The zero-order valence-electron chi connectivity index (χ0n) is 17.9. The van der Waals surface area contributed by atoms with E-state index in [9.17, 15) is 22.8 Å². The number of amides is 2. The van der Waals surface area contributed by atoms with E-state index in [0.29, 0.717) is 22.8 Å². The molecule has 2 N–H and O–H groups in total. The molecule has 2 amide bonds. The van der Waals surface area contributed by atoms with Crippen LogP contribution in [0.5, 0.6) is 11.6 Å². The number of anilines is 2. The second-order valence-electron chi connectivity index (χ2n) is 7.88. The highest BCUT2D eigenvalue weighted by molar-refractivity contribution is 5.93. The summed E-state index contributed by atoms with van der Waals surface area (Å²) in [6, 6.07) is 13.0. The Morgan fingerprint density at radius 1 is 1.00 bits per heavy atom. The first-order valence-corrected chi connectivity index (χ1v) is 10.6. The van der Waals surface area contributed by atoms with Crippen molar-refractivity contribution >= 4 is 23.3 Å². The normalized spacial score (nSPS) is 13.3. The van der Waals surface area contributed by atoms with E-state index in [2.05, 4.69) is 20.6 Å². The van der Waals surface area contributed by atoms with Crippen molar-refractivity contribution in [3.05, 3.63) is 72.1 Å². The number of nitrogens with one attached hydrogen (secondary N) is 2. The lowest BCUT2D eigenvalue weighted by molar-refractivity contribution is -0.137. The van der Waals surface area contributed by atoms with Gasteiger partial charge in [0.1, 0.15) is 17.9 Å². The molecule has 3 aromatic rings. The Kier molecular flexibility index (Phi) is 6.76. The molecule has 0 atom stereocenters. The predicted molar refractivity (Wildman–Crippen MR) is 118 cm³/mol. The number of rotatable bonds is 8. The van der Waals surface area contributed by atoms with Crippen LogP contribution in [0.1, 0.15) is 30.4 Å². The molecule has 2 aromatic carbocycles. The van der Waals surface area contributed by atoms with Crippen LogP contribution in [0, 0.1) is 5.92 Å². The minimum atomic E-state index is -4.42. The highest BCUT2D eigenvalue weighted by Gasteiger charge is 2.30. The molecule has 0 unspecified atom stereocenters. The Hall–Kier alpha value is -3.95. The average molecular weight is 470 g/mol. The third-order valence-electron chi connectivity index (χ3n) is 5.08. The molecule has 0 aliphatic heterocycles. The lowest BCUT2D eigenvalue weighted by Gasteiger charge is -2.10. The molecular formula is C24H21F3N4O3. The van der Waals surface area contributed by atoms with Gasteiger partial charge in [0.15, 0.2) is 0 Å². The van der Waals surface area contributed by atoms with E-state index in [1.165, 1.54) is 18.5 Å². The van der Waals surface area contributed by atoms with E-state index in [1.54, 1.807) is 30.3 Å². The van der Waals surface area contributed by atoms with Crippen molar-refractivity contribution in [2.75, 3.05) is 10.6 Å². The van der Waals surface area contributed by atoms with Gasteiger partial charge in [-0.3, -0.25) is 9.59 Å². The maximum atomic E-state index is 12.8. The van der Waals surface area contributed by atoms with E-state index in [1.807, 2.05) is 0 Å². The fourth-order valence-corrected chi connectivity index (χ4v) is 3.18. The van der Waals surface area contributed by atoms with Crippen LogP contribution in [0.4, 0.5) is 24.7 Å². The monoisotopic (exact) mass is 470 g/mol. The Morgan fingerprint density at radius 3 is 2.56 bits per heavy atom. The fourth-order valence-electron chi connectivity index (χ4n) is 3.18. The second-order valence-corrected chi connectivity index (χ2v) is 7.88. The van der Waals surface area contributed by atoms with E-state index in [0.717, 1.165) is 25.0 Å². The number of carbonyl (C=O) groups is 2. The van der Waals surface area contributed by atoms with Gasteiger partial charge in [-0.2, -0.15) is 13.2 Å². The molecule has 1 aromatic heterocycles. The van der Waals surface area contributed by atoms with Crippen molar-refractivity contribution in [3.8, 4) is 11.6 Å². The molecule has 1 aliphatic rings. The lowest BCUT2D eigenvalue weighted by atomic mass is 10.1. The van der Waals surface area contributed by atoms with Gasteiger partial charge in [-0.25, -0.2) is 9.97 Å². The summed E-state index contributed by atoms with van der Waals surface area (Å²) in [5.74, 6) is 0.554. The molecule has 0 spiro atoms. The number of nitrogens with zero attached hydrogens (tertiary/aromatic N) is 2. The quantitative estimate of drug-likeness (QED) is 0.472. The number of alkyl halides is 3. The van der Waals surface area contributed by atoms with Crippen LogP contribution in [-0.4, -0.2) is 21.8 Å². The number of benzene rings is 2. The number of ether oxygens (including phenoxy) is 1. The van der Waals surface area contributed by atoms with Crippen molar-refractivity contribution < 1.29 is 27.5 Å². The van der Waals surface area contributed by atoms with Crippen LogP contribution < -0.4 is 15.4 Å². The topological polar surface area (TPSA) is 93.2 Å². The highest BCUT2D eigenvalue weighted by Crippen LogP contribution is 2.31. The maximum Gasteiger partial charge on any atom is 0.416 e. The summed E-state index contributed by atoms with van der Waals surface area (Å²) < 4.78 is 44.2. The van der Waals surface area contributed by atoms with Gasteiger partial charge < -0.3 is 15.4 Å². The van der Waals surface area contributed by atoms with E-state index in [4.69, 9.17) is 4.74 Å². The Labute approximate surface area is 193 Å². The molecular weight excluding hydrogens is 449 g/mol. The Bertz CT molecular complexity index is 1200. The minimum absolute atomic E-state index is 0.0162. The molecule has 0 bridgehead atoms. The van der Waals surface area contributed by atoms with Crippen LogP contribution in [0.25, 0.3) is 0 Å². The van der Waals surface area contributed by atoms with Crippen LogP contribution in [0.3, 0.4) is 0 Å². The summed E-state index contributed by atoms with van der Waals surface area (Å²) in [5, 5.41) is 5.43. The average Bonchev–Trinajstić information content (AvgIpc) is 3.64. The van der Waals surface area contributed by atoms with E-state index >= 15 is 0 Å². The predicted octanol–water partition coefficient (Wildman–Crippen LogP) is 5.21. The molecule has 1 saturated carbocycles. The number of hydrogen-bond acceptors (Lipinski definition) is 5. The van der Waals surface area contributed by atoms with Gasteiger partial charge in [-0.1, -0.05) is 24.3 Å². The van der Waals surface area contributed by atoms with Crippen LogP contribution in [0.15, 0.2) is 60.9 Å². The molecule has 1 aliphatic carbocycles. The molecule has 176 valence electrons. The van der Waals surface area contributed by atoms with Crippen LogP contribution in [-0.2, 0) is 22.2 Å². The third-order valence-corrected chi connectivity index (χ3v) is 5.08. The lowest BCUT2D eigenvalue weighted by Crippen LogP contribution is -2.14. The van der Waals surface area contributed by atoms with Crippen molar-refractivity contribution in [3.63, 3.8) is 0 Å². The summed E-state index contributed by atoms with van der Waals surface area (Å²) in [6.45, 7) is 0. The van der Waals surface area contributed by atoms with E-state index < -0.39 is 11.7 Å². The Balaban J connectivity index is 1.33.